The minimum Gasteiger partial charge on any atom is -0.486 e. The Morgan fingerprint density at radius 2 is 2.00 bits per heavy atom. The molecule has 1 aliphatic heterocycles. The summed E-state index contributed by atoms with van der Waals surface area (Å²) in [7, 11) is 0. The van der Waals surface area contributed by atoms with Crippen LogP contribution in [0.2, 0.25) is 0 Å². The molecule has 0 atom stereocenters. The SMILES string of the molecule is CCC(F)(F)c1cc2c(cn1)OCCO2. The molecule has 0 saturated carbocycles. The van der Waals surface area contributed by atoms with Crippen molar-refractivity contribution in [3.05, 3.63) is 18.0 Å². The molecule has 15 heavy (non-hydrogen) atoms. The van der Waals surface area contributed by atoms with Crippen molar-refractivity contribution in [2.75, 3.05) is 13.2 Å². The van der Waals surface area contributed by atoms with Gasteiger partial charge in [0, 0.05) is 12.5 Å². The summed E-state index contributed by atoms with van der Waals surface area (Å²) in [6, 6.07) is 1.25. The number of hydrogen-bond donors (Lipinski definition) is 0. The van der Waals surface area contributed by atoms with Crippen molar-refractivity contribution in [2.24, 2.45) is 0 Å². The Hall–Kier alpha value is -1.39. The lowest BCUT2D eigenvalue weighted by molar-refractivity contribution is -0.0133. The van der Waals surface area contributed by atoms with Crippen LogP contribution in [0.3, 0.4) is 0 Å². The Kier molecular flexibility index (Phi) is 2.46. The van der Waals surface area contributed by atoms with Crippen molar-refractivity contribution in [3.8, 4) is 11.5 Å². The summed E-state index contributed by atoms with van der Waals surface area (Å²) in [6.07, 6.45) is 1.01. The molecule has 2 heterocycles. The van der Waals surface area contributed by atoms with E-state index in [1.807, 2.05) is 0 Å². The lowest BCUT2D eigenvalue weighted by atomic mass is 10.1. The molecule has 0 saturated heterocycles. The molecule has 0 unspecified atom stereocenters. The van der Waals surface area contributed by atoms with Gasteiger partial charge in [0.2, 0.25) is 0 Å². The first-order valence-corrected chi connectivity index (χ1v) is 4.77. The normalized spacial score (nSPS) is 15.1. The van der Waals surface area contributed by atoms with E-state index < -0.39 is 5.92 Å². The monoisotopic (exact) mass is 215 g/mol. The maximum Gasteiger partial charge on any atom is 0.289 e. The number of rotatable bonds is 2. The first kappa shape index (κ1) is 10.1. The van der Waals surface area contributed by atoms with E-state index in [9.17, 15) is 8.78 Å². The van der Waals surface area contributed by atoms with Crippen LogP contribution in [0.5, 0.6) is 11.5 Å². The van der Waals surface area contributed by atoms with Crippen LogP contribution in [0.15, 0.2) is 12.3 Å². The second-order valence-corrected chi connectivity index (χ2v) is 3.27. The standard InChI is InChI=1S/C10H11F2NO2/c1-2-10(11,12)9-5-7-8(6-13-9)15-4-3-14-7/h5-6H,2-4H2,1H3. The fourth-order valence-corrected chi connectivity index (χ4v) is 1.33. The van der Waals surface area contributed by atoms with Gasteiger partial charge in [-0.25, -0.2) is 0 Å². The van der Waals surface area contributed by atoms with E-state index in [1.165, 1.54) is 19.2 Å². The van der Waals surface area contributed by atoms with Gasteiger partial charge in [-0.05, 0) is 0 Å². The fourth-order valence-electron chi connectivity index (χ4n) is 1.33. The van der Waals surface area contributed by atoms with Crippen LogP contribution >= 0.6 is 0 Å². The largest absolute Gasteiger partial charge is 0.486 e. The van der Waals surface area contributed by atoms with Crippen LogP contribution in [0.4, 0.5) is 8.78 Å². The van der Waals surface area contributed by atoms with Gasteiger partial charge < -0.3 is 9.47 Å². The average molecular weight is 215 g/mol. The number of alkyl halides is 2. The second kappa shape index (κ2) is 3.64. The third kappa shape index (κ3) is 1.86. The predicted molar refractivity (Wildman–Crippen MR) is 49.4 cm³/mol. The number of nitrogens with zero attached hydrogens (tertiary/aromatic N) is 1. The third-order valence-corrected chi connectivity index (χ3v) is 2.25. The Morgan fingerprint density at radius 3 is 2.67 bits per heavy atom. The molecule has 0 N–H and O–H groups in total. The number of pyridine rings is 1. The van der Waals surface area contributed by atoms with E-state index in [-0.39, 0.29) is 12.1 Å². The molecule has 0 fully saturated rings. The van der Waals surface area contributed by atoms with Crippen molar-refractivity contribution in [3.63, 3.8) is 0 Å². The molecular formula is C10H11F2NO2. The smallest absolute Gasteiger partial charge is 0.289 e. The van der Waals surface area contributed by atoms with E-state index in [0.29, 0.717) is 24.7 Å². The average Bonchev–Trinajstić information content (AvgIpc) is 2.28. The van der Waals surface area contributed by atoms with Crippen LogP contribution in [0, 0.1) is 0 Å². The van der Waals surface area contributed by atoms with Gasteiger partial charge >= 0.3 is 0 Å². The van der Waals surface area contributed by atoms with E-state index in [0.717, 1.165) is 0 Å². The molecule has 3 nitrogen and oxygen atoms in total. The van der Waals surface area contributed by atoms with Gasteiger partial charge in [0.15, 0.2) is 11.5 Å². The summed E-state index contributed by atoms with van der Waals surface area (Å²) < 4.78 is 37.0. The molecule has 5 heteroatoms. The fraction of sp³-hybridized carbons (Fsp3) is 0.500. The Labute approximate surface area is 86.0 Å². The first-order valence-electron chi connectivity index (χ1n) is 4.77. The van der Waals surface area contributed by atoms with Gasteiger partial charge in [0.1, 0.15) is 18.9 Å². The molecule has 2 rings (SSSR count). The first-order chi connectivity index (χ1) is 7.13. The Morgan fingerprint density at radius 1 is 1.33 bits per heavy atom. The van der Waals surface area contributed by atoms with E-state index >= 15 is 0 Å². The van der Waals surface area contributed by atoms with Gasteiger partial charge in [0.25, 0.3) is 5.92 Å². The summed E-state index contributed by atoms with van der Waals surface area (Å²) in [5, 5.41) is 0. The maximum absolute atomic E-state index is 13.3. The lowest BCUT2D eigenvalue weighted by Gasteiger charge is -2.20. The van der Waals surface area contributed by atoms with Gasteiger partial charge in [-0.1, -0.05) is 6.92 Å². The highest BCUT2D eigenvalue weighted by Gasteiger charge is 2.32. The highest BCUT2D eigenvalue weighted by molar-refractivity contribution is 5.40. The summed E-state index contributed by atoms with van der Waals surface area (Å²) in [5.41, 5.74) is -0.269. The van der Waals surface area contributed by atoms with E-state index in [1.54, 1.807) is 0 Å². The number of fused-ring (bicyclic) bond motifs is 1. The summed E-state index contributed by atoms with van der Waals surface area (Å²) in [6.45, 7) is 2.23. The molecule has 1 aromatic heterocycles. The van der Waals surface area contributed by atoms with Crippen LogP contribution in [0.25, 0.3) is 0 Å². The molecule has 0 bridgehead atoms. The Bertz CT molecular complexity index is 368. The molecule has 82 valence electrons. The molecule has 1 aliphatic rings. The van der Waals surface area contributed by atoms with Crippen LogP contribution in [-0.4, -0.2) is 18.2 Å². The van der Waals surface area contributed by atoms with Gasteiger partial charge in [-0.2, -0.15) is 8.78 Å². The molecule has 0 aromatic carbocycles. The van der Waals surface area contributed by atoms with Crippen LogP contribution < -0.4 is 9.47 Å². The zero-order valence-electron chi connectivity index (χ0n) is 8.30. The molecule has 0 amide bonds. The second-order valence-electron chi connectivity index (χ2n) is 3.27. The van der Waals surface area contributed by atoms with Gasteiger partial charge in [-0.3, -0.25) is 4.98 Å². The zero-order valence-corrected chi connectivity index (χ0v) is 8.30. The molecule has 0 spiro atoms. The minimum absolute atomic E-state index is 0.269. The maximum atomic E-state index is 13.3. The highest BCUT2D eigenvalue weighted by Crippen LogP contribution is 2.36. The molecule has 0 radical (unpaired) electrons. The quantitative estimate of drug-likeness (QED) is 0.758. The molecular weight excluding hydrogens is 204 g/mol. The lowest BCUT2D eigenvalue weighted by Crippen LogP contribution is -2.18. The topological polar surface area (TPSA) is 31.4 Å². The van der Waals surface area contributed by atoms with Crippen molar-refractivity contribution < 1.29 is 18.3 Å². The van der Waals surface area contributed by atoms with Crippen LogP contribution in [0.1, 0.15) is 19.0 Å². The van der Waals surface area contributed by atoms with Crippen molar-refractivity contribution in [1.29, 1.82) is 0 Å². The number of halogens is 2. The number of aromatic nitrogens is 1. The van der Waals surface area contributed by atoms with Gasteiger partial charge in [0.05, 0.1) is 6.20 Å². The molecule has 1 aromatic rings. The summed E-state index contributed by atoms with van der Waals surface area (Å²) >= 11 is 0. The summed E-state index contributed by atoms with van der Waals surface area (Å²) in [5.74, 6) is -2.13. The highest BCUT2D eigenvalue weighted by atomic mass is 19.3. The summed E-state index contributed by atoms with van der Waals surface area (Å²) in [4.78, 5) is 3.68. The van der Waals surface area contributed by atoms with Crippen molar-refractivity contribution >= 4 is 0 Å². The zero-order chi connectivity index (χ0) is 10.9. The van der Waals surface area contributed by atoms with Gasteiger partial charge in [-0.15, -0.1) is 0 Å². The predicted octanol–water partition coefficient (Wildman–Crippen LogP) is 2.35. The van der Waals surface area contributed by atoms with Crippen molar-refractivity contribution in [2.45, 2.75) is 19.3 Å². The number of ether oxygens (including phenoxy) is 2. The minimum atomic E-state index is -2.91. The van der Waals surface area contributed by atoms with E-state index in [2.05, 4.69) is 4.98 Å². The van der Waals surface area contributed by atoms with Crippen molar-refractivity contribution in [1.82, 2.24) is 4.98 Å². The third-order valence-electron chi connectivity index (χ3n) is 2.25. The van der Waals surface area contributed by atoms with Crippen LogP contribution in [-0.2, 0) is 5.92 Å². The van der Waals surface area contributed by atoms with E-state index in [4.69, 9.17) is 9.47 Å². The number of hydrogen-bond acceptors (Lipinski definition) is 3. The Balaban J connectivity index is 2.36. The molecule has 0 aliphatic carbocycles.